The van der Waals surface area contributed by atoms with E-state index in [4.69, 9.17) is 0 Å². The molecule has 0 amide bonds. The molecule has 1 atom stereocenters. The lowest BCUT2D eigenvalue weighted by Gasteiger charge is -2.12. The van der Waals surface area contributed by atoms with Crippen molar-refractivity contribution < 1.29 is 13.5 Å². The summed E-state index contributed by atoms with van der Waals surface area (Å²) >= 11 is 0. The van der Waals surface area contributed by atoms with Crippen molar-refractivity contribution in [1.29, 1.82) is 0 Å². The van der Waals surface area contributed by atoms with E-state index in [-0.39, 0.29) is 0 Å². The van der Waals surface area contributed by atoms with Crippen LogP contribution in [0.15, 0.2) is 30.3 Å². The zero-order valence-corrected chi connectivity index (χ0v) is 11.3. The molecule has 0 spiro atoms. The summed E-state index contributed by atoms with van der Waals surface area (Å²) in [7, 11) is -3.10. The van der Waals surface area contributed by atoms with Gasteiger partial charge in [0.1, 0.15) is 0 Å². The summed E-state index contributed by atoms with van der Waals surface area (Å²) in [5.74, 6) is 0. The Balaban J connectivity index is 2.12. The number of hydrogen-bond donors (Lipinski definition) is 3. The Bertz CT molecular complexity index is 434. The predicted octanol–water partition coefficient (Wildman–Crippen LogP) is 0.249. The minimum Gasteiger partial charge on any atom is -0.387 e. The van der Waals surface area contributed by atoms with E-state index in [1.165, 1.54) is 0 Å². The second kappa shape index (κ2) is 7.48. The molecule has 0 bridgehead atoms. The molecule has 5 nitrogen and oxygen atoms in total. The third-order valence-corrected chi connectivity index (χ3v) is 3.15. The zero-order valence-electron chi connectivity index (χ0n) is 10.5. The van der Waals surface area contributed by atoms with Gasteiger partial charge in [-0.1, -0.05) is 30.3 Å². The maximum absolute atomic E-state index is 10.8. The first-order chi connectivity index (χ1) is 8.49. The molecule has 6 heteroatoms. The fraction of sp³-hybridized carbons (Fsp3) is 0.500. The van der Waals surface area contributed by atoms with Gasteiger partial charge in [0, 0.05) is 13.1 Å². The van der Waals surface area contributed by atoms with Crippen LogP contribution in [0.3, 0.4) is 0 Å². The van der Waals surface area contributed by atoms with Crippen LogP contribution in [0.25, 0.3) is 0 Å². The number of benzene rings is 1. The van der Waals surface area contributed by atoms with Gasteiger partial charge in [-0.15, -0.1) is 0 Å². The van der Waals surface area contributed by atoms with Crippen molar-refractivity contribution in [3.8, 4) is 0 Å². The van der Waals surface area contributed by atoms with Crippen LogP contribution in [-0.2, 0) is 10.0 Å². The second-order valence-electron chi connectivity index (χ2n) is 4.15. The highest BCUT2D eigenvalue weighted by Crippen LogP contribution is 2.10. The largest absolute Gasteiger partial charge is 0.387 e. The minimum absolute atomic E-state index is 0.410. The van der Waals surface area contributed by atoms with Gasteiger partial charge >= 0.3 is 0 Å². The minimum atomic E-state index is -3.10. The van der Waals surface area contributed by atoms with E-state index in [9.17, 15) is 13.5 Å². The normalized spacial score (nSPS) is 13.4. The fourth-order valence-electron chi connectivity index (χ4n) is 1.50. The molecule has 0 aliphatic heterocycles. The molecule has 1 unspecified atom stereocenters. The summed E-state index contributed by atoms with van der Waals surface area (Å²) in [6, 6.07) is 9.42. The van der Waals surface area contributed by atoms with E-state index < -0.39 is 16.1 Å². The number of hydrogen-bond acceptors (Lipinski definition) is 4. The van der Waals surface area contributed by atoms with Crippen molar-refractivity contribution in [3.63, 3.8) is 0 Å². The lowest BCUT2D eigenvalue weighted by molar-refractivity contribution is 0.175. The monoisotopic (exact) mass is 272 g/mol. The van der Waals surface area contributed by atoms with E-state index in [0.29, 0.717) is 26.1 Å². The molecule has 102 valence electrons. The first-order valence-electron chi connectivity index (χ1n) is 5.87. The van der Waals surface area contributed by atoms with Crippen molar-refractivity contribution in [2.75, 3.05) is 25.9 Å². The Kier molecular flexibility index (Phi) is 6.28. The topological polar surface area (TPSA) is 78.4 Å². The average Bonchev–Trinajstić information content (AvgIpc) is 2.33. The SMILES string of the molecule is CS(=O)(=O)NCCCNCC(O)c1ccccc1. The highest BCUT2D eigenvalue weighted by atomic mass is 32.2. The molecule has 0 heterocycles. The number of sulfonamides is 1. The molecule has 0 aliphatic carbocycles. The summed E-state index contributed by atoms with van der Waals surface area (Å²) < 4.78 is 24.0. The first kappa shape index (κ1) is 15.1. The van der Waals surface area contributed by atoms with Crippen LogP contribution in [0, 0.1) is 0 Å². The molecular formula is C12H20N2O3S. The van der Waals surface area contributed by atoms with E-state index in [1.54, 1.807) is 0 Å². The van der Waals surface area contributed by atoms with Crippen molar-refractivity contribution in [1.82, 2.24) is 10.0 Å². The molecule has 0 radical (unpaired) electrons. The Morgan fingerprint density at radius 1 is 1.22 bits per heavy atom. The Labute approximate surface area is 108 Å². The number of rotatable bonds is 8. The van der Waals surface area contributed by atoms with Gasteiger partial charge in [-0.25, -0.2) is 13.1 Å². The van der Waals surface area contributed by atoms with Crippen LogP contribution in [0.1, 0.15) is 18.1 Å². The van der Waals surface area contributed by atoms with Gasteiger partial charge in [0.05, 0.1) is 12.4 Å². The first-order valence-corrected chi connectivity index (χ1v) is 7.76. The summed E-state index contributed by atoms with van der Waals surface area (Å²) in [4.78, 5) is 0. The standard InChI is InChI=1S/C12H20N2O3S/c1-18(16,17)14-9-5-8-13-10-12(15)11-6-3-2-4-7-11/h2-4,6-7,12-15H,5,8-10H2,1H3. The second-order valence-corrected chi connectivity index (χ2v) is 5.98. The number of nitrogens with one attached hydrogen (secondary N) is 2. The summed E-state index contributed by atoms with van der Waals surface area (Å²) in [5.41, 5.74) is 0.874. The molecule has 1 aromatic rings. The molecular weight excluding hydrogens is 252 g/mol. The fourth-order valence-corrected chi connectivity index (χ4v) is 2.02. The van der Waals surface area contributed by atoms with Gasteiger partial charge in [-0.05, 0) is 18.5 Å². The van der Waals surface area contributed by atoms with Crippen LogP contribution in [0.5, 0.6) is 0 Å². The molecule has 0 aliphatic rings. The summed E-state index contributed by atoms with van der Waals surface area (Å²) in [6.07, 6.45) is 1.29. The summed E-state index contributed by atoms with van der Waals surface area (Å²) in [5, 5.41) is 12.9. The zero-order chi connectivity index (χ0) is 13.4. The van der Waals surface area contributed by atoms with Crippen molar-refractivity contribution in [3.05, 3.63) is 35.9 Å². The summed E-state index contributed by atoms with van der Waals surface area (Å²) in [6.45, 7) is 1.53. The maximum Gasteiger partial charge on any atom is 0.208 e. The average molecular weight is 272 g/mol. The molecule has 0 saturated heterocycles. The molecule has 0 aromatic heterocycles. The van der Waals surface area contributed by atoms with Crippen molar-refractivity contribution in [2.45, 2.75) is 12.5 Å². The van der Waals surface area contributed by atoms with Gasteiger partial charge < -0.3 is 10.4 Å². The Morgan fingerprint density at radius 2 is 1.89 bits per heavy atom. The van der Waals surface area contributed by atoms with Crippen molar-refractivity contribution >= 4 is 10.0 Å². The van der Waals surface area contributed by atoms with Gasteiger partial charge in [0.15, 0.2) is 0 Å². The molecule has 18 heavy (non-hydrogen) atoms. The van der Waals surface area contributed by atoms with E-state index in [2.05, 4.69) is 10.0 Å². The quantitative estimate of drug-likeness (QED) is 0.593. The third-order valence-electron chi connectivity index (χ3n) is 2.42. The molecule has 0 fully saturated rings. The van der Waals surface area contributed by atoms with Gasteiger partial charge in [-0.2, -0.15) is 0 Å². The number of aliphatic hydroxyl groups excluding tert-OH is 1. The Hall–Kier alpha value is -0.950. The van der Waals surface area contributed by atoms with Crippen LogP contribution < -0.4 is 10.0 Å². The molecule has 3 N–H and O–H groups in total. The van der Waals surface area contributed by atoms with Crippen LogP contribution in [0.2, 0.25) is 0 Å². The Morgan fingerprint density at radius 3 is 2.50 bits per heavy atom. The van der Waals surface area contributed by atoms with Crippen LogP contribution >= 0.6 is 0 Å². The lowest BCUT2D eigenvalue weighted by atomic mass is 10.1. The highest BCUT2D eigenvalue weighted by molar-refractivity contribution is 7.88. The van der Waals surface area contributed by atoms with Gasteiger partial charge in [-0.3, -0.25) is 0 Å². The van der Waals surface area contributed by atoms with E-state index in [0.717, 1.165) is 11.8 Å². The van der Waals surface area contributed by atoms with E-state index >= 15 is 0 Å². The highest BCUT2D eigenvalue weighted by Gasteiger charge is 2.05. The number of aliphatic hydroxyl groups is 1. The predicted molar refractivity (Wildman–Crippen MR) is 71.7 cm³/mol. The molecule has 1 rings (SSSR count). The van der Waals surface area contributed by atoms with Crippen LogP contribution in [-0.4, -0.2) is 39.4 Å². The lowest BCUT2D eigenvalue weighted by Crippen LogP contribution is -2.28. The molecule has 1 aromatic carbocycles. The maximum atomic E-state index is 10.8. The van der Waals surface area contributed by atoms with Gasteiger partial charge in [0.25, 0.3) is 0 Å². The van der Waals surface area contributed by atoms with Crippen LogP contribution in [0.4, 0.5) is 0 Å². The smallest absolute Gasteiger partial charge is 0.208 e. The van der Waals surface area contributed by atoms with Crippen molar-refractivity contribution in [2.24, 2.45) is 0 Å². The van der Waals surface area contributed by atoms with Gasteiger partial charge in [0.2, 0.25) is 10.0 Å². The van der Waals surface area contributed by atoms with E-state index in [1.807, 2.05) is 30.3 Å². The third kappa shape index (κ3) is 6.70. The molecule has 0 saturated carbocycles.